The minimum Gasteiger partial charge on any atom is -0.382 e. The number of ether oxygens (including phenoxy) is 1. The van der Waals surface area contributed by atoms with Gasteiger partial charge < -0.3 is 4.74 Å². The van der Waals surface area contributed by atoms with Crippen molar-refractivity contribution in [2.45, 2.75) is 31.0 Å². The van der Waals surface area contributed by atoms with Crippen LogP contribution in [-0.4, -0.2) is 30.4 Å². The van der Waals surface area contributed by atoms with Gasteiger partial charge in [-0.2, -0.15) is 0 Å². The van der Waals surface area contributed by atoms with Crippen LogP contribution in [0, 0.1) is 0 Å². The highest BCUT2D eigenvalue weighted by Gasteiger charge is 2.20. The van der Waals surface area contributed by atoms with Gasteiger partial charge in [-0.15, -0.1) is 6.58 Å². The number of hydrogen-bond acceptors (Lipinski definition) is 1. The van der Waals surface area contributed by atoms with Gasteiger partial charge in [-0.25, -0.2) is 0 Å². The lowest BCUT2D eigenvalue weighted by molar-refractivity contribution is 0.0641. The van der Waals surface area contributed by atoms with Gasteiger partial charge >= 0.3 is 0 Å². The molecular weight excluding hydrogens is 168 g/mol. The van der Waals surface area contributed by atoms with E-state index < -0.39 is 8.31 Å². The molecule has 1 saturated heterocycles. The Hall–Kier alpha value is 0.134. The average molecular weight is 186 g/mol. The number of allylic oxidation sites excluding steroid dienone is 1. The van der Waals surface area contributed by atoms with Crippen LogP contribution in [0.3, 0.4) is 0 Å². The third-order valence-corrected chi connectivity index (χ3v) is 8.90. The molecule has 0 bridgehead atoms. The van der Waals surface area contributed by atoms with Crippen molar-refractivity contribution in [3.05, 3.63) is 12.7 Å². The monoisotopic (exact) mass is 186 g/mol. The van der Waals surface area contributed by atoms with Gasteiger partial charge in [-0.05, 0) is 35.1 Å². The summed E-state index contributed by atoms with van der Waals surface area (Å²) in [7, 11) is 0.897. The van der Waals surface area contributed by atoms with Crippen molar-refractivity contribution < 1.29 is 4.74 Å². The first-order valence-electron chi connectivity index (χ1n) is 4.57. The normalized spacial score (nSPS) is 28.2. The summed E-state index contributed by atoms with van der Waals surface area (Å²) < 4.78 is 5.74. The van der Waals surface area contributed by atoms with E-state index in [0.717, 1.165) is 6.61 Å². The first kappa shape index (κ1) is 9.22. The van der Waals surface area contributed by atoms with Crippen LogP contribution < -0.4 is 0 Å². The molecule has 2 atom stereocenters. The van der Waals surface area contributed by atoms with E-state index in [0.29, 0.717) is 5.73 Å². The van der Waals surface area contributed by atoms with Crippen LogP contribution in [0.2, 0.25) is 6.04 Å². The fraction of sp³-hybridized carbons (Fsp3) is 0.750. The minimum atomic E-state index is -0.485. The van der Waals surface area contributed by atoms with Crippen molar-refractivity contribution in [3.8, 4) is 0 Å². The molecule has 1 rings (SSSR count). The van der Waals surface area contributed by atoms with Gasteiger partial charge in [0.2, 0.25) is 0 Å². The highest BCUT2D eigenvalue weighted by atomic mass is 29.1. The predicted octanol–water partition coefficient (Wildman–Crippen LogP) is 0.370. The fourth-order valence-corrected chi connectivity index (χ4v) is 6.31. The third kappa shape index (κ3) is 2.93. The maximum absolute atomic E-state index is 5.74. The molecule has 0 aromatic heterocycles. The zero-order valence-electron chi connectivity index (χ0n) is 7.38. The van der Waals surface area contributed by atoms with Crippen LogP contribution >= 0.6 is 0 Å². The fourth-order valence-electron chi connectivity index (χ4n) is 1.63. The molecule has 0 amide bonds. The van der Waals surface area contributed by atoms with Crippen molar-refractivity contribution in [2.24, 2.45) is 0 Å². The first-order valence-corrected chi connectivity index (χ1v) is 10.7. The van der Waals surface area contributed by atoms with Crippen LogP contribution in [0.25, 0.3) is 0 Å². The van der Waals surface area contributed by atoms with Gasteiger partial charge in [0.1, 0.15) is 0 Å². The van der Waals surface area contributed by atoms with Crippen molar-refractivity contribution in [1.29, 1.82) is 0 Å². The molecule has 1 aliphatic heterocycles. The largest absolute Gasteiger partial charge is 0.382 e. The highest BCUT2D eigenvalue weighted by molar-refractivity contribution is 7.04. The quantitative estimate of drug-likeness (QED) is 0.457. The number of rotatable bonds is 3. The lowest BCUT2D eigenvalue weighted by Gasteiger charge is -2.26. The molecule has 0 aromatic carbocycles. The van der Waals surface area contributed by atoms with Gasteiger partial charge in [0.25, 0.3) is 0 Å². The van der Waals surface area contributed by atoms with E-state index >= 15 is 0 Å². The number of hydrogen-bond donors (Lipinski definition) is 0. The van der Waals surface area contributed by atoms with Crippen LogP contribution in [0.4, 0.5) is 0 Å². The predicted molar refractivity (Wildman–Crippen MR) is 55.7 cm³/mol. The Morgan fingerprint density at radius 1 is 1.64 bits per heavy atom. The van der Waals surface area contributed by atoms with E-state index in [1.54, 1.807) is 0 Å². The van der Waals surface area contributed by atoms with Gasteiger partial charge in [-0.3, -0.25) is 0 Å². The Balaban J connectivity index is 2.26. The summed E-state index contributed by atoms with van der Waals surface area (Å²) in [6.07, 6.45) is 6.11. The molecule has 0 saturated carbocycles. The van der Waals surface area contributed by atoms with Gasteiger partial charge in [-0.1, -0.05) is 6.08 Å². The lowest BCUT2D eigenvalue weighted by Crippen LogP contribution is -2.36. The van der Waals surface area contributed by atoms with Crippen LogP contribution in [-0.2, 0) is 4.74 Å². The molecule has 1 aliphatic rings. The Labute approximate surface area is 73.6 Å². The standard InChI is InChI=1S/C8H18OSi2/c1-2-7-11(10)8-5-3-4-6-9-8/h2,8,11H,1,3-7H2,10H3. The molecule has 0 radical (unpaired) electrons. The van der Waals surface area contributed by atoms with Crippen molar-refractivity contribution in [2.75, 3.05) is 6.61 Å². The van der Waals surface area contributed by atoms with Crippen molar-refractivity contribution in [3.63, 3.8) is 0 Å². The summed E-state index contributed by atoms with van der Waals surface area (Å²) in [6.45, 7) is 4.82. The van der Waals surface area contributed by atoms with Gasteiger partial charge in [0.15, 0.2) is 0 Å². The first-order chi connectivity index (χ1) is 5.34. The maximum atomic E-state index is 5.74. The summed E-state index contributed by atoms with van der Waals surface area (Å²) in [6, 6.07) is 1.29. The molecule has 1 nitrogen and oxygen atoms in total. The summed E-state index contributed by atoms with van der Waals surface area (Å²) in [4.78, 5) is 0. The van der Waals surface area contributed by atoms with Crippen LogP contribution in [0.5, 0.6) is 0 Å². The third-order valence-electron chi connectivity index (χ3n) is 2.39. The second-order valence-corrected chi connectivity index (χ2v) is 11.0. The minimum absolute atomic E-state index is 0.485. The molecule has 0 aromatic rings. The molecule has 0 spiro atoms. The second-order valence-electron chi connectivity index (χ2n) is 3.41. The highest BCUT2D eigenvalue weighted by Crippen LogP contribution is 2.15. The molecule has 11 heavy (non-hydrogen) atoms. The lowest BCUT2D eigenvalue weighted by atomic mass is 10.2. The van der Waals surface area contributed by atoms with E-state index in [1.807, 2.05) is 0 Å². The molecule has 1 fully saturated rings. The van der Waals surface area contributed by atoms with Crippen LogP contribution in [0.1, 0.15) is 19.3 Å². The SMILES string of the molecule is C=CC[SiH]([SiH3])C1CCCCO1. The molecule has 0 aliphatic carbocycles. The summed E-state index contributed by atoms with van der Waals surface area (Å²) in [5, 5.41) is 0. The van der Waals surface area contributed by atoms with E-state index in [1.165, 1.54) is 35.1 Å². The summed E-state index contributed by atoms with van der Waals surface area (Å²) in [5.74, 6) is 0. The van der Waals surface area contributed by atoms with E-state index in [-0.39, 0.29) is 0 Å². The van der Waals surface area contributed by atoms with E-state index in [2.05, 4.69) is 12.7 Å². The molecular formula is C8H18OSi2. The summed E-state index contributed by atoms with van der Waals surface area (Å²) >= 11 is 0. The summed E-state index contributed by atoms with van der Waals surface area (Å²) in [5.41, 5.74) is 0.702. The second kappa shape index (κ2) is 4.90. The molecule has 64 valence electrons. The maximum Gasteiger partial charge on any atom is 0.0587 e. The van der Waals surface area contributed by atoms with Crippen LogP contribution in [0.15, 0.2) is 12.7 Å². The van der Waals surface area contributed by atoms with E-state index in [4.69, 9.17) is 4.74 Å². The van der Waals surface area contributed by atoms with Crippen molar-refractivity contribution >= 4 is 18.1 Å². The Bertz CT molecular complexity index is 121. The Morgan fingerprint density at radius 3 is 3.00 bits per heavy atom. The van der Waals surface area contributed by atoms with Gasteiger partial charge in [0.05, 0.1) is 8.31 Å². The van der Waals surface area contributed by atoms with Gasteiger partial charge in [0, 0.05) is 12.3 Å². The van der Waals surface area contributed by atoms with E-state index in [9.17, 15) is 0 Å². The molecule has 0 N–H and O–H groups in total. The topological polar surface area (TPSA) is 9.23 Å². The smallest absolute Gasteiger partial charge is 0.0587 e. The molecule has 3 heteroatoms. The Morgan fingerprint density at radius 2 is 2.45 bits per heavy atom. The zero-order chi connectivity index (χ0) is 8.10. The average Bonchev–Trinajstić information content (AvgIpc) is 2.07. The molecule has 1 heterocycles. The molecule has 2 unspecified atom stereocenters. The zero-order valence-corrected chi connectivity index (χ0v) is 10.5. The Kier molecular flexibility index (Phi) is 4.11. The van der Waals surface area contributed by atoms with Crippen molar-refractivity contribution in [1.82, 2.24) is 0 Å².